The van der Waals surface area contributed by atoms with Crippen molar-refractivity contribution in [3.63, 3.8) is 0 Å². The van der Waals surface area contributed by atoms with Gasteiger partial charge in [-0.1, -0.05) is 0 Å². The van der Waals surface area contributed by atoms with Crippen LogP contribution >= 0.6 is 11.3 Å². The maximum absolute atomic E-state index is 5.52. The van der Waals surface area contributed by atoms with Crippen LogP contribution in [0.15, 0.2) is 35.8 Å². The summed E-state index contributed by atoms with van der Waals surface area (Å²) in [5.74, 6) is 0.807. The highest BCUT2D eigenvalue weighted by Crippen LogP contribution is 2.20. The highest BCUT2D eigenvalue weighted by atomic mass is 32.1. The fourth-order valence-electron chi connectivity index (χ4n) is 1.74. The van der Waals surface area contributed by atoms with E-state index in [0.717, 1.165) is 28.6 Å². The lowest BCUT2D eigenvalue weighted by Crippen LogP contribution is -2.02. The van der Waals surface area contributed by atoms with Crippen molar-refractivity contribution in [2.45, 2.75) is 6.42 Å². The Kier molecular flexibility index (Phi) is 2.95. The number of anilines is 2. The van der Waals surface area contributed by atoms with Crippen LogP contribution in [0.5, 0.6) is 0 Å². The smallest absolute Gasteiger partial charge is 0.153 e. The fraction of sp³-hybridized carbons (Fsp3) is 0.167. The van der Waals surface area contributed by atoms with Crippen molar-refractivity contribution in [1.29, 1.82) is 0 Å². The number of imidazole rings is 1. The number of fused-ring (bicyclic) bond motifs is 1. The molecule has 0 unspecified atom stereocenters. The van der Waals surface area contributed by atoms with Crippen LogP contribution in [0.4, 0.5) is 10.8 Å². The van der Waals surface area contributed by atoms with Gasteiger partial charge in [0.25, 0.3) is 0 Å². The molecule has 5 nitrogen and oxygen atoms in total. The van der Waals surface area contributed by atoms with Crippen LogP contribution in [-0.4, -0.2) is 21.1 Å². The first-order valence-electron chi connectivity index (χ1n) is 5.71. The van der Waals surface area contributed by atoms with Gasteiger partial charge in [0.1, 0.15) is 0 Å². The summed E-state index contributed by atoms with van der Waals surface area (Å²) in [7, 11) is 0. The third-order valence-electron chi connectivity index (χ3n) is 2.54. The first-order valence-corrected chi connectivity index (χ1v) is 6.59. The minimum Gasteiger partial charge on any atom is -0.331 e. The van der Waals surface area contributed by atoms with Crippen LogP contribution in [-0.2, 0) is 6.42 Å². The molecule has 0 aliphatic carbocycles. The standard InChI is InChI=1S/C12H13N5S/c13-6-5-9-8-17-11(14-9)4-3-10(16-17)15-12-2-1-7-18-12/h1-4,7-8H,5-6,13H2,(H,15,16). The lowest BCUT2D eigenvalue weighted by Gasteiger charge is -2.02. The molecule has 0 atom stereocenters. The van der Waals surface area contributed by atoms with Gasteiger partial charge in [0.2, 0.25) is 0 Å². The first-order chi connectivity index (χ1) is 8.85. The predicted molar refractivity (Wildman–Crippen MR) is 73.3 cm³/mol. The molecule has 3 heterocycles. The van der Waals surface area contributed by atoms with Crippen molar-refractivity contribution in [3.05, 3.63) is 41.5 Å². The lowest BCUT2D eigenvalue weighted by molar-refractivity contribution is 0.917. The lowest BCUT2D eigenvalue weighted by atomic mass is 10.3. The molecular formula is C12H13N5S. The van der Waals surface area contributed by atoms with Gasteiger partial charge in [-0.2, -0.15) is 0 Å². The van der Waals surface area contributed by atoms with E-state index in [1.54, 1.807) is 15.9 Å². The van der Waals surface area contributed by atoms with Crippen molar-refractivity contribution in [3.8, 4) is 0 Å². The van der Waals surface area contributed by atoms with Crippen LogP contribution < -0.4 is 11.1 Å². The summed E-state index contributed by atoms with van der Waals surface area (Å²) in [6, 6.07) is 7.89. The summed E-state index contributed by atoms with van der Waals surface area (Å²) in [6.07, 6.45) is 2.69. The summed E-state index contributed by atoms with van der Waals surface area (Å²) in [4.78, 5) is 4.44. The summed E-state index contributed by atoms with van der Waals surface area (Å²) < 4.78 is 1.78. The van der Waals surface area contributed by atoms with Crippen molar-refractivity contribution in [2.24, 2.45) is 5.73 Å². The average molecular weight is 259 g/mol. The highest BCUT2D eigenvalue weighted by Gasteiger charge is 2.03. The van der Waals surface area contributed by atoms with Gasteiger partial charge >= 0.3 is 0 Å². The molecule has 0 spiro atoms. The molecule has 92 valence electrons. The highest BCUT2D eigenvalue weighted by molar-refractivity contribution is 7.14. The second-order valence-electron chi connectivity index (χ2n) is 3.89. The quantitative estimate of drug-likeness (QED) is 0.752. The fourth-order valence-corrected chi connectivity index (χ4v) is 2.37. The van der Waals surface area contributed by atoms with Crippen LogP contribution in [0.25, 0.3) is 5.65 Å². The largest absolute Gasteiger partial charge is 0.331 e. The van der Waals surface area contributed by atoms with E-state index < -0.39 is 0 Å². The Balaban J connectivity index is 1.90. The molecule has 0 aliphatic heterocycles. The molecule has 3 rings (SSSR count). The Morgan fingerprint density at radius 2 is 2.28 bits per heavy atom. The topological polar surface area (TPSA) is 68.2 Å². The van der Waals surface area contributed by atoms with Gasteiger partial charge in [0, 0.05) is 6.42 Å². The maximum Gasteiger partial charge on any atom is 0.153 e. The van der Waals surface area contributed by atoms with Crippen LogP contribution in [0.3, 0.4) is 0 Å². The zero-order valence-electron chi connectivity index (χ0n) is 9.71. The van der Waals surface area contributed by atoms with E-state index in [9.17, 15) is 0 Å². The van der Waals surface area contributed by atoms with Gasteiger partial charge in [-0.25, -0.2) is 9.50 Å². The van der Waals surface area contributed by atoms with Crippen molar-refractivity contribution >= 4 is 27.8 Å². The van der Waals surface area contributed by atoms with Gasteiger partial charge in [-0.05, 0) is 36.2 Å². The molecule has 0 aliphatic rings. The van der Waals surface area contributed by atoms with Crippen LogP contribution in [0.1, 0.15) is 5.69 Å². The van der Waals surface area contributed by atoms with E-state index in [0.29, 0.717) is 6.54 Å². The van der Waals surface area contributed by atoms with E-state index in [1.807, 2.05) is 35.8 Å². The molecule has 3 aromatic rings. The Bertz CT molecular complexity index is 644. The van der Waals surface area contributed by atoms with Gasteiger partial charge in [0.15, 0.2) is 11.5 Å². The zero-order valence-corrected chi connectivity index (χ0v) is 10.5. The van der Waals surface area contributed by atoms with Gasteiger partial charge in [0.05, 0.1) is 16.9 Å². The van der Waals surface area contributed by atoms with Gasteiger partial charge in [-0.15, -0.1) is 16.4 Å². The normalized spacial score (nSPS) is 10.9. The number of thiophene rings is 1. The maximum atomic E-state index is 5.52. The second-order valence-corrected chi connectivity index (χ2v) is 4.84. The van der Waals surface area contributed by atoms with Crippen LogP contribution in [0.2, 0.25) is 0 Å². The molecule has 3 N–H and O–H groups in total. The molecule has 18 heavy (non-hydrogen) atoms. The zero-order chi connectivity index (χ0) is 12.4. The van der Waals surface area contributed by atoms with E-state index in [4.69, 9.17) is 5.73 Å². The first kappa shape index (κ1) is 11.2. The second kappa shape index (κ2) is 4.75. The van der Waals surface area contributed by atoms with Crippen molar-refractivity contribution in [1.82, 2.24) is 14.6 Å². The van der Waals surface area contributed by atoms with Crippen molar-refractivity contribution in [2.75, 3.05) is 11.9 Å². The SMILES string of the molecule is NCCc1cn2nc(Nc3cccs3)ccc2n1. The molecule has 0 bridgehead atoms. The number of aromatic nitrogens is 3. The Hall–Kier alpha value is -1.92. The molecule has 0 radical (unpaired) electrons. The predicted octanol–water partition coefficient (Wildman–Crippen LogP) is 2.04. The summed E-state index contributed by atoms with van der Waals surface area (Å²) in [5.41, 5.74) is 7.34. The van der Waals surface area contributed by atoms with E-state index in [2.05, 4.69) is 15.4 Å². The molecule has 6 heteroatoms. The molecule has 0 amide bonds. The molecule has 0 saturated heterocycles. The van der Waals surface area contributed by atoms with Gasteiger partial charge in [-0.3, -0.25) is 0 Å². The van der Waals surface area contributed by atoms with Gasteiger partial charge < -0.3 is 11.1 Å². The molecule has 0 fully saturated rings. The Morgan fingerprint density at radius 1 is 1.33 bits per heavy atom. The third-order valence-corrected chi connectivity index (χ3v) is 3.33. The minimum absolute atomic E-state index is 0.601. The number of nitrogens with zero attached hydrogens (tertiary/aromatic N) is 3. The molecular weight excluding hydrogens is 246 g/mol. The number of nitrogens with two attached hydrogens (primary N) is 1. The Labute approximate surface area is 108 Å². The minimum atomic E-state index is 0.601. The average Bonchev–Trinajstić information content (AvgIpc) is 2.98. The number of nitrogens with one attached hydrogen (secondary N) is 1. The summed E-state index contributed by atoms with van der Waals surface area (Å²) >= 11 is 1.64. The summed E-state index contributed by atoms with van der Waals surface area (Å²) in [5, 5.41) is 10.8. The van der Waals surface area contributed by atoms with E-state index >= 15 is 0 Å². The number of rotatable bonds is 4. The van der Waals surface area contributed by atoms with E-state index in [1.165, 1.54) is 0 Å². The van der Waals surface area contributed by atoms with E-state index in [-0.39, 0.29) is 0 Å². The summed E-state index contributed by atoms with van der Waals surface area (Å²) in [6.45, 7) is 0.601. The molecule has 0 aromatic carbocycles. The molecule has 0 saturated carbocycles. The number of hydrogen-bond acceptors (Lipinski definition) is 5. The third kappa shape index (κ3) is 2.20. The monoisotopic (exact) mass is 259 g/mol. The number of hydrogen-bond donors (Lipinski definition) is 2. The molecule has 3 aromatic heterocycles. The van der Waals surface area contributed by atoms with Crippen molar-refractivity contribution < 1.29 is 0 Å². The van der Waals surface area contributed by atoms with Crippen LogP contribution in [0, 0.1) is 0 Å². The Morgan fingerprint density at radius 3 is 3.06 bits per heavy atom.